The van der Waals surface area contributed by atoms with Crippen molar-refractivity contribution >= 4 is 55.7 Å². The van der Waals surface area contributed by atoms with Crippen LogP contribution in [0.15, 0.2) is 53.0 Å². The van der Waals surface area contributed by atoms with Crippen LogP contribution in [0, 0.1) is 0 Å². The maximum Gasteiger partial charge on any atom is 0.191 e. The fourth-order valence-electron chi connectivity index (χ4n) is 2.86. The molecule has 162 valence electrons. The van der Waals surface area contributed by atoms with Gasteiger partial charge in [-0.1, -0.05) is 59.5 Å². The Morgan fingerprint density at radius 2 is 1.90 bits per heavy atom. The molecule has 0 saturated carbocycles. The van der Waals surface area contributed by atoms with E-state index in [0.29, 0.717) is 16.6 Å². The molecule has 0 bridgehead atoms. The molecular formula is C22H25N5OS3. The predicted octanol–water partition coefficient (Wildman–Crippen LogP) is 5.28. The molecule has 0 spiro atoms. The lowest BCUT2D eigenvalue weighted by Crippen LogP contribution is -2.35. The van der Waals surface area contributed by atoms with E-state index in [1.807, 2.05) is 32.0 Å². The average Bonchev–Trinajstić information content (AvgIpc) is 3.43. The molecule has 0 fully saturated rings. The molecule has 3 heterocycles. The Bertz CT molecular complexity index is 1110. The highest BCUT2D eigenvalue weighted by Crippen LogP contribution is 2.34. The zero-order valence-electron chi connectivity index (χ0n) is 17.5. The minimum Gasteiger partial charge on any atom is -0.394 e. The molecule has 4 aromatic rings. The van der Waals surface area contributed by atoms with E-state index in [1.165, 1.54) is 21.8 Å². The summed E-state index contributed by atoms with van der Waals surface area (Å²) in [5, 5.41) is 20.1. The molecule has 9 heteroatoms. The second kappa shape index (κ2) is 9.95. The largest absolute Gasteiger partial charge is 0.394 e. The summed E-state index contributed by atoms with van der Waals surface area (Å²) < 4.78 is 0.893. The van der Waals surface area contributed by atoms with Crippen LogP contribution in [0.5, 0.6) is 0 Å². The third-order valence-corrected chi connectivity index (χ3v) is 7.39. The fourth-order valence-corrected chi connectivity index (χ4v) is 5.24. The second-order valence-electron chi connectivity index (χ2n) is 7.72. The van der Waals surface area contributed by atoms with Crippen LogP contribution in [-0.4, -0.2) is 38.7 Å². The van der Waals surface area contributed by atoms with Crippen molar-refractivity contribution in [2.24, 2.45) is 0 Å². The molecule has 1 aromatic carbocycles. The van der Waals surface area contributed by atoms with Crippen molar-refractivity contribution in [2.45, 2.75) is 36.7 Å². The average molecular weight is 472 g/mol. The Balaban J connectivity index is 1.56. The Morgan fingerprint density at radius 1 is 1.06 bits per heavy atom. The lowest BCUT2D eigenvalue weighted by Gasteiger charge is -2.24. The third-order valence-electron chi connectivity index (χ3n) is 4.52. The first-order valence-corrected chi connectivity index (χ1v) is 12.7. The van der Waals surface area contributed by atoms with E-state index in [4.69, 9.17) is 15.0 Å². The topological polar surface area (TPSA) is 83.0 Å². The lowest BCUT2D eigenvalue weighted by atomic mass is 10.1. The molecule has 3 N–H and O–H groups in total. The van der Waals surface area contributed by atoms with Gasteiger partial charge in [0.2, 0.25) is 0 Å². The number of aromatic nitrogens is 3. The first kappa shape index (κ1) is 22.0. The number of thiophene rings is 1. The second-order valence-corrected chi connectivity index (χ2v) is 10.7. The van der Waals surface area contributed by atoms with Gasteiger partial charge in [-0.25, -0.2) is 9.97 Å². The van der Waals surface area contributed by atoms with Crippen LogP contribution in [0.25, 0.3) is 10.3 Å². The Morgan fingerprint density at radius 3 is 2.65 bits per heavy atom. The van der Waals surface area contributed by atoms with Gasteiger partial charge in [0, 0.05) is 17.2 Å². The van der Waals surface area contributed by atoms with E-state index < -0.39 is 5.54 Å². The highest BCUT2D eigenvalue weighted by molar-refractivity contribution is 7.98. The summed E-state index contributed by atoms with van der Waals surface area (Å²) in [6, 6.07) is 14.5. The molecule has 4 rings (SSSR count). The predicted molar refractivity (Wildman–Crippen MR) is 133 cm³/mol. The van der Waals surface area contributed by atoms with Crippen molar-refractivity contribution in [3.05, 3.63) is 58.3 Å². The molecule has 0 aliphatic heterocycles. The van der Waals surface area contributed by atoms with Gasteiger partial charge >= 0.3 is 0 Å². The SMILES string of the molecule is CC(C)(CO)Nc1nc(SCc2ccccc2)nc2nc(NCCc3cccs3)sc12. The molecule has 31 heavy (non-hydrogen) atoms. The number of nitrogens with zero attached hydrogens (tertiary/aromatic N) is 3. The van der Waals surface area contributed by atoms with Crippen LogP contribution in [0.4, 0.5) is 10.9 Å². The lowest BCUT2D eigenvalue weighted by molar-refractivity contribution is 0.234. The van der Waals surface area contributed by atoms with Crippen molar-refractivity contribution in [1.82, 2.24) is 15.0 Å². The van der Waals surface area contributed by atoms with E-state index in [2.05, 4.69) is 40.3 Å². The van der Waals surface area contributed by atoms with E-state index in [0.717, 1.165) is 28.5 Å². The number of thioether (sulfide) groups is 1. The summed E-state index contributed by atoms with van der Waals surface area (Å²) in [5.74, 6) is 1.49. The van der Waals surface area contributed by atoms with Gasteiger partial charge in [-0.05, 0) is 37.3 Å². The van der Waals surface area contributed by atoms with Crippen molar-refractivity contribution in [3.8, 4) is 0 Å². The first-order valence-electron chi connectivity index (χ1n) is 10.0. The maximum atomic E-state index is 9.73. The van der Waals surface area contributed by atoms with Crippen molar-refractivity contribution in [1.29, 1.82) is 0 Å². The number of thiazole rings is 1. The molecule has 0 amide bonds. The Kier molecular flexibility index (Phi) is 7.06. The smallest absolute Gasteiger partial charge is 0.191 e. The Labute approximate surface area is 194 Å². The van der Waals surface area contributed by atoms with E-state index in [1.54, 1.807) is 23.1 Å². The number of aliphatic hydroxyl groups excluding tert-OH is 1. The van der Waals surface area contributed by atoms with Crippen molar-refractivity contribution in [3.63, 3.8) is 0 Å². The number of hydrogen-bond acceptors (Lipinski definition) is 9. The van der Waals surface area contributed by atoms with Crippen LogP contribution in [-0.2, 0) is 12.2 Å². The van der Waals surface area contributed by atoms with E-state index in [-0.39, 0.29) is 6.61 Å². The van der Waals surface area contributed by atoms with Crippen LogP contribution < -0.4 is 10.6 Å². The van der Waals surface area contributed by atoms with Crippen LogP contribution >= 0.6 is 34.4 Å². The summed E-state index contributed by atoms with van der Waals surface area (Å²) in [7, 11) is 0. The summed E-state index contributed by atoms with van der Waals surface area (Å²) in [4.78, 5) is 15.5. The fraction of sp³-hybridized carbons (Fsp3) is 0.318. The normalized spacial score (nSPS) is 11.7. The zero-order valence-corrected chi connectivity index (χ0v) is 19.9. The molecule has 0 unspecified atom stereocenters. The summed E-state index contributed by atoms with van der Waals surface area (Å²) in [6.45, 7) is 4.70. The number of anilines is 2. The Hall–Kier alpha value is -2.20. The highest BCUT2D eigenvalue weighted by Gasteiger charge is 2.21. The number of nitrogens with one attached hydrogen (secondary N) is 2. The molecule has 6 nitrogen and oxygen atoms in total. The standard InChI is InChI=1S/C22H25N5OS3/c1-22(2,14-28)27-19-17-18(24-20(31-17)23-11-10-16-9-6-12-29-16)25-21(26-19)30-13-15-7-4-3-5-8-15/h3-9,12,28H,10-11,13-14H2,1-2H3,(H2,23,24,25,26,27). The van der Waals surface area contributed by atoms with Crippen LogP contribution in [0.1, 0.15) is 24.3 Å². The van der Waals surface area contributed by atoms with E-state index >= 15 is 0 Å². The third kappa shape index (κ3) is 5.94. The van der Waals surface area contributed by atoms with Gasteiger partial charge in [0.15, 0.2) is 21.8 Å². The summed E-state index contributed by atoms with van der Waals surface area (Å²) in [5.41, 5.74) is 1.39. The number of hydrogen-bond donors (Lipinski definition) is 3. The van der Waals surface area contributed by atoms with Gasteiger partial charge in [-0.15, -0.1) is 11.3 Å². The molecule has 0 atom stereocenters. The summed E-state index contributed by atoms with van der Waals surface area (Å²) >= 11 is 4.88. The minimum absolute atomic E-state index is 0.00425. The molecule has 0 aliphatic rings. The van der Waals surface area contributed by atoms with Gasteiger partial charge in [-0.3, -0.25) is 0 Å². The van der Waals surface area contributed by atoms with Gasteiger partial charge in [0.1, 0.15) is 4.70 Å². The molecule has 0 saturated heterocycles. The summed E-state index contributed by atoms with van der Waals surface area (Å²) in [6.07, 6.45) is 0.958. The minimum atomic E-state index is -0.501. The highest BCUT2D eigenvalue weighted by atomic mass is 32.2. The van der Waals surface area contributed by atoms with Gasteiger partial charge in [0.05, 0.1) is 12.1 Å². The molecule has 0 aliphatic carbocycles. The van der Waals surface area contributed by atoms with Gasteiger partial charge < -0.3 is 15.7 Å². The number of benzene rings is 1. The monoisotopic (exact) mass is 471 g/mol. The quantitative estimate of drug-likeness (QED) is 0.214. The number of aliphatic hydroxyl groups is 1. The molecule has 3 aromatic heterocycles. The van der Waals surface area contributed by atoms with Crippen molar-refractivity contribution in [2.75, 3.05) is 23.8 Å². The van der Waals surface area contributed by atoms with Crippen LogP contribution in [0.3, 0.4) is 0 Å². The van der Waals surface area contributed by atoms with Gasteiger partial charge in [-0.2, -0.15) is 4.98 Å². The molecular weight excluding hydrogens is 446 g/mol. The van der Waals surface area contributed by atoms with Crippen molar-refractivity contribution < 1.29 is 5.11 Å². The first-order chi connectivity index (χ1) is 15.0. The number of fused-ring (bicyclic) bond motifs is 1. The maximum absolute atomic E-state index is 9.73. The molecule has 0 radical (unpaired) electrons. The zero-order chi connectivity index (χ0) is 21.7. The van der Waals surface area contributed by atoms with Gasteiger partial charge in [0.25, 0.3) is 0 Å². The number of rotatable bonds is 10. The van der Waals surface area contributed by atoms with E-state index in [9.17, 15) is 5.11 Å². The van der Waals surface area contributed by atoms with Crippen LogP contribution in [0.2, 0.25) is 0 Å².